The first kappa shape index (κ1) is 13.3. The van der Waals surface area contributed by atoms with Gasteiger partial charge in [0.1, 0.15) is 0 Å². The normalized spacial score (nSPS) is 31.8. The predicted octanol–water partition coefficient (Wildman–Crippen LogP) is 2.82. The Morgan fingerprint density at radius 1 is 0.842 bits per heavy atom. The molecule has 0 bridgehead atoms. The topological polar surface area (TPSA) is 23.1 Å². The van der Waals surface area contributed by atoms with Crippen LogP contribution in [-0.2, 0) is 31.3 Å². The van der Waals surface area contributed by atoms with E-state index in [-0.39, 0.29) is 36.7 Å². The van der Waals surface area contributed by atoms with Crippen molar-refractivity contribution in [3.63, 3.8) is 0 Å². The van der Waals surface area contributed by atoms with E-state index in [0.717, 1.165) is 18.4 Å². The van der Waals surface area contributed by atoms with Gasteiger partial charge in [0.2, 0.25) is 0 Å². The van der Waals surface area contributed by atoms with Crippen molar-refractivity contribution in [2.24, 2.45) is 5.41 Å². The van der Waals surface area contributed by atoms with E-state index in [2.05, 4.69) is 24.3 Å². The summed E-state index contributed by atoms with van der Waals surface area (Å²) in [5.41, 5.74) is 2.56. The van der Waals surface area contributed by atoms with Gasteiger partial charge in [0, 0.05) is 31.3 Å². The van der Waals surface area contributed by atoms with Gasteiger partial charge in [-0.3, -0.25) is 0 Å². The number of benzene rings is 2. The average molecular weight is 280 g/mol. The molecule has 2 saturated carbocycles. The van der Waals surface area contributed by atoms with E-state index in [1.165, 1.54) is 5.56 Å². The molecule has 0 aliphatic heterocycles. The molecule has 2 aliphatic carbocycles. The third-order valence-electron chi connectivity index (χ3n) is 4.87. The quantitative estimate of drug-likeness (QED) is 0.848. The van der Waals surface area contributed by atoms with Gasteiger partial charge in [-0.25, -0.2) is 0 Å². The summed E-state index contributed by atoms with van der Waals surface area (Å²) >= 11 is 0. The van der Waals surface area contributed by atoms with Gasteiger partial charge in [0.05, 0.1) is 0 Å². The summed E-state index contributed by atoms with van der Waals surface area (Å²) < 4.78 is 0. The second-order valence-corrected chi connectivity index (χ2v) is 5.75. The first-order valence-electron chi connectivity index (χ1n) is 6.55. The van der Waals surface area contributed by atoms with Gasteiger partial charge in [0.15, 0.2) is 0 Å². The van der Waals surface area contributed by atoms with E-state index in [1.54, 1.807) is 0 Å². The van der Waals surface area contributed by atoms with E-state index in [9.17, 15) is 5.11 Å². The molecule has 0 heterocycles. The number of rotatable bonds is 3. The van der Waals surface area contributed by atoms with E-state index in [0.29, 0.717) is 0 Å². The second-order valence-electron chi connectivity index (χ2n) is 5.75. The molecule has 2 aromatic carbocycles. The third-order valence-corrected chi connectivity index (χ3v) is 4.87. The van der Waals surface area contributed by atoms with Crippen LogP contribution in [0.4, 0.5) is 0 Å². The summed E-state index contributed by atoms with van der Waals surface area (Å²) in [5, 5.41) is 12.6. The van der Waals surface area contributed by atoms with Gasteiger partial charge in [0.25, 0.3) is 0 Å². The van der Waals surface area contributed by atoms with Gasteiger partial charge < -0.3 is 5.11 Å². The van der Waals surface area contributed by atoms with Crippen molar-refractivity contribution in [1.82, 2.24) is 0 Å². The largest absolute Gasteiger partial charge is 0.848 e. The molecular weight excluding hydrogens is 265 g/mol. The first-order valence-corrected chi connectivity index (χ1v) is 6.55. The van der Waals surface area contributed by atoms with Crippen LogP contribution in [0.3, 0.4) is 0 Å². The summed E-state index contributed by atoms with van der Waals surface area (Å²) in [7, 11) is 0. The van der Waals surface area contributed by atoms with Crippen LogP contribution in [0.5, 0.6) is 0 Å². The smallest absolute Gasteiger partial charge is 0.00135 e. The van der Waals surface area contributed by atoms with Crippen molar-refractivity contribution in [3.8, 4) is 0 Å². The molecule has 93 valence electrons. The zero-order valence-electron chi connectivity index (χ0n) is 10.8. The molecule has 1 unspecified atom stereocenters. The van der Waals surface area contributed by atoms with Crippen molar-refractivity contribution in [2.75, 3.05) is 0 Å². The molecule has 0 N–H and O–H groups in total. The Morgan fingerprint density at radius 3 is 1.95 bits per heavy atom. The molecule has 0 spiro atoms. The van der Waals surface area contributed by atoms with Crippen molar-refractivity contribution in [2.45, 2.75) is 24.4 Å². The molecule has 2 heteroatoms. The van der Waals surface area contributed by atoms with Gasteiger partial charge in [-0.15, -0.1) is 0 Å². The van der Waals surface area contributed by atoms with Gasteiger partial charge in [-0.1, -0.05) is 72.3 Å². The fraction of sp³-hybridized carbons (Fsp3) is 0.294. The second kappa shape index (κ2) is 4.39. The standard InChI is InChI=1S/C17H15O.Sc/c18-15(13-7-3-1-4-8-13)17-11-16(17,12-17)14-9-5-2-6-10-14;/h1-10,15H,11-12H2;/q-1;. The zero-order chi connectivity index (χ0) is 12.2. The molecule has 4 rings (SSSR count). The summed E-state index contributed by atoms with van der Waals surface area (Å²) in [4.78, 5) is 0. The van der Waals surface area contributed by atoms with Gasteiger partial charge in [-0.05, 0) is 23.8 Å². The SMILES string of the molecule is [O-]C(c1ccccc1)C12CC1(c1ccccc1)C2.[Sc]. The van der Waals surface area contributed by atoms with Crippen molar-refractivity contribution < 1.29 is 30.9 Å². The average Bonchev–Trinajstić information content (AvgIpc) is 3.27. The molecule has 1 atom stereocenters. The minimum absolute atomic E-state index is 0. The summed E-state index contributed by atoms with van der Waals surface area (Å²) in [6.45, 7) is 0. The summed E-state index contributed by atoms with van der Waals surface area (Å²) in [5.74, 6) is 0. The van der Waals surface area contributed by atoms with E-state index >= 15 is 0 Å². The van der Waals surface area contributed by atoms with Crippen LogP contribution in [0.1, 0.15) is 30.1 Å². The molecule has 1 nitrogen and oxygen atoms in total. The Balaban J connectivity index is 0.00000110. The molecule has 2 fully saturated rings. The predicted molar refractivity (Wildman–Crippen MR) is 69.0 cm³/mol. The van der Waals surface area contributed by atoms with Crippen molar-refractivity contribution >= 4 is 0 Å². The molecule has 0 saturated heterocycles. The number of hydrogen-bond acceptors (Lipinski definition) is 1. The fourth-order valence-corrected chi connectivity index (χ4v) is 3.57. The maximum absolute atomic E-state index is 12.6. The van der Waals surface area contributed by atoms with Crippen LogP contribution in [-0.4, -0.2) is 0 Å². The first-order chi connectivity index (χ1) is 8.79. The van der Waals surface area contributed by atoms with Crippen LogP contribution in [0.25, 0.3) is 0 Å². The Hall–Kier alpha value is -0.730. The van der Waals surface area contributed by atoms with E-state index in [4.69, 9.17) is 0 Å². The van der Waals surface area contributed by atoms with Crippen LogP contribution in [0.15, 0.2) is 60.7 Å². The Morgan fingerprint density at radius 2 is 1.37 bits per heavy atom. The molecule has 0 aromatic heterocycles. The van der Waals surface area contributed by atoms with Crippen molar-refractivity contribution in [3.05, 3.63) is 71.8 Å². The monoisotopic (exact) mass is 280 g/mol. The van der Waals surface area contributed by atoms with Crippen LogP contribution < -0.4 is 5.11 Å². The molecule has 2 aromatic rings. The molecule has 2 aliphatic rings. The number of hydrogen-bond donors (Lipinski definition) is 0. The van der Waals surface area contributed by atoms with E-state index < -0.39 is 6.10 Å². The molecular formula is C17H15OSc-. The van der Waals surface area contributed by atoms with Gasteiger partial charge in [-0.2, -0.15) is 0 Å². The van der Waals surface area contributed by atoms with Crippen LogP contribution in [0.2, 0.25) is 0 Å². The summed E-state index contributed by atoms with van der Waals surface area (Å²) in [6, 6.07) is 20.4. The molecule has 0 amide bonds. The third kappa shape index (κ3) is 1.73. The van der Waals surface area contributed by atoms with Crippen LogP contribution in [0, 0.1) is 5.41 Å². The summed E-state index contributed by atoms with van der Waals surface area (Å²) in [6.07, 6.45) is 1.60. The Bertz CT molecular complexity index is 573. The molecule has 1 radical (unpaired) electrons. The fourth-order valence-electron chi connectivity index (χ4n) is 3.57. The Labute approximate surface area is 132 Å². The molecule has 19 heavy (non-hydrogen) atoms. The van der Waals surface area contributed by atoms with E-state index in [1.807, 2.05) is 36.4 Å². The van der Waals surface area contributed by atoms with Crippen LogP contribution >= 0.6 is 0 Å². The zero-order valence-corrected chi connectivity index (χ0v) is 12.6. The Kier molecular flexibility index (Phi) is 3.06. The van der Waals surface area contributed by atoms with Crippen molar-refractivity contribution in [1.29, 1.82) is 0 Å². The minimum atomic E-state index is -0.557. The number of fused-ring (bicyclic) bond motifs is 1. The van der Waals surface area contributed by atoms with Gasteiger partial charge >= 0.3 is 0 Å². The maximum atomic E-state index is 12.6. The minimum Gasteiger partial charge on any atom is -0.848 e. The maximum Gasteiger partial charge on any atom is 0.00135 e.